The van der Waals surface area contributed by atoms with E-state index in [2.05, 4.69) is 38.2 Å². The maximum absolute atomic E-state index is 13.0. The number of aliphatic hydroxyl groups excluding tert-OH is 7. The van der Waals surface area contributed by atoms with Crippen LogP contribution in [0.25, 0.3) is 0 Å². The zero-order chi connectivity index (χ0) is 47.3. The summed E-state index contributed by atoms with van der Waals surface area (Å²) in [6.45, 7) is 3.66. The fourth-order valence-electron chi connectivity index (χ4n) is 8.20. The van der Waals surface area contributed by atoms with Gasteiger partial charge in [0.15, 0.2) is 12.6 Å². The zero-order valence-corrected chi connectivity index (χ0v) is 40.5. The summed E-state index contributed by atoms with van der Waals surface area (Å²) in [5.41, 5.74) is 0. The van der Waals surface area contributed by atoms with Gasteiger partial charge >= 0.3 is 5.97 Å². The largest absolute Gasteiger partial charge is 0.457 e. The molecule has 2 aliphatic rings. The second-order valence-corrected chi connectivity index (χ2v) is 18.3. The molecule has 0 spiro atoms. The number of unbranched alkanes of at least 4 members (excludes halogenated alkanes) is 23. The van der Waals surface area contributed by atoms with E-state index in [9.17, 15) is 40.5 Å². The van der Waals surface area contributed by atoms with Gasteiger partial charge in [0, 0.05) is 13.0 Å². The molecular formula is C51H94O14. The van der Waals surface area contributed by atoms with E-state index in [0.29, 0.717) is 13.0 Å². The normalized spacial score (nSPS) is 26.7. The first-order valence-corrected chi connectivity index (χ1v) is 25.9. The Kier molecular flexibility index (Phi) is 36.1. The first kappa shape index (κ1) is 59.6. The molecule has 0 aromatic rings. The van der Waals surface area contributed by atoms with Crippen molar-refractivity contribution >= 4 is 5.97 Å². The minimum Gasteiger partial charge on any atom is -0.457 e. The molecule has 382 valence electrons. The van der Waals surface area contributed by atoms with Crippen LogP contribution in [0.1, 0.15) is 194 Å². The molecule has 14 nitrogen and oxygen atoms in total. The van der Waals surface area contributed by atoms with Crippen LogP contribution in [0.3, 0.4) is 0 Å². The molecule has 7 N–H and O–H groups in total. The molecule has 2 aliphatic heterocycles. The highest BCUT2D eigenvalue weighted by Gasteiger charge is 2.47. The molecule has 11 atom stereocenters. The predicted octanol–water partition coefficient (Wildman–Crippen LogP) is 7.63. The molecule has 0 aliphatic carbocycles. The van der Waals surface area contributed by atoms with E-state index in [1.54, 1.807) is 0 Å². The third-order valence-electron chi connectivity index (χ3n) is 12.5. The highest BCUT2D eigenvalue weighted by molar-refractivity contribution is 5.69. The summed E-state index contributed by atoms with van der Waals surface area (Å²) < 4.78 is 34.3. The third-order valence-corrected chi connectivity index (χ3v) is 12.5. The Balaban J connectivity index is 1.76. The van der Waals surface area contributed by atoms with Crippen LogP contribution in [0, 0.1) is 0 Å². The molecule has 0 saturated carbocycles. The highest BCUT2D eigenvalue weighted by atomic mass is 16.7. The van der Waals surface area contributed by atoms with Crippen LogP contribution in [0.4, 0.5) is 0 Å². The number of carbonyl (C=O) groups excluding carboxylic acids is 1. The van der Waals surface area contributed by atoms with Crippen molar-refractivity contribution < 1.29 is 69.0 Å². The van der Waals surface area contributed by atoms with E-state index in [1.807, 2.05) is 0 Å². The fraction of sp³-hybridized carbons (Fsp3) is 0.902. The molecule has 2 saturated heterocycles. The molecule has 0 bridgehead atoms. The van der Waals surface area contributed by atoms with Crippen LogP contribution in [-0.2, 0) is 33.2 Å². The van der Waals surface area contributed by atoms with E-state index < -0.39 is 80.7 Å². The van der Waals surface area contributed by atoms with Gasteiger partial charge in [-0.3, -0.25) is 4.79 Å². The van der Waals surface area contributed by atoms with Gasteiger partial charge in [-0.05, 0) is 44.9 Å². The van der Waals surface area contributed by atoms with Crippen LogP contribution in [0.15, 0.2) is 24.3 Å². The molecule has 0 amide bonds. The summed E-state index contributed by atoms with van der Waals surface area (Å²) in [6, 6.07) is 0. The zero-order valence-electron chi connectivity index (χ0n) is 40.5. The Labute approximate surface area is 392 Å². The standard InChI is InChI=1S/C51H94O14/c1-3-5-7-9-11-13-15-17-18-19-20-21-23-25-27-29-31-33-35-60-37-40(63-43(53)34-32-30-28-26-24-22-16-14-12-10-8-6-4-2)38-61-50-49(59)47(57)45(55)42(65-50)39-62-51-48(58)46(56)44(54)41(36-52)64-51/h11,13,17-18,40-42,44-52,54-59H,3-10,12,14-16,19-39H2,1-2H3/b13-11-,18-17-. The number of hydrogen-bond acceptors (Lipinski definition) is 14. The van der Waals surface area contributed by atoms with Gasteiger partial charge in [-0.25, -0.2) is 0 Å². The van der Waals surface area contributed by atoms with E-state index in [-0.39, 0.29) is 25.6 Å². The van der Waals surface area contributed by atoms with E-state index in [0.717, 1.165) is 51.4 Å². The predicted molar refractivity (Wildman–Crippen MR) is 252 cm³/mol. The number of hydrogen-bond donors (Lipinski definition) is 7. The van der Waals surface area contributed by atoms with Crippen molar-refractivity contribution in [2.45, 2.75) is 261 Å². The minimum atomic E-state index is -1.70. The SMILES string of the molecule is CCCCC/C=C\C/C=C\CCCCCCCCCCOCC(COC1OC(COC2OC(CO)C(O)C(O)C2O)C(O)C(O)C1O)OC(=O)CCCCCCCCCCCCCCC. The number of ether oxygens (including phenoxy) is 6. The Morgan fingerprint density at radius 2 is 0.954 bits per heavy atom. The number of esters is 1. The second kappa shape index (κ2) is 39.3. The van der Waals surface area contributed by atoms with Gasteiger partial charge < -0.3 is 64.2 Å². The van der Waals surface area contributed by atoms with Crippen LogP contribution < -0.4 is 0 Å². The van der Waals surface area contributed by atoms with Gasteiger partial charge in [0.1, 0.15) is 54.9 Å². The highest BCUT2D eigenvalue weighted by Crippen LogP contribution is 2.26. The van der Waals surface area contributed by atoms with Crippen LogP contribution >= 0.6 is 0 Å². The second-order valence-electron chi connectivity index (χ2n) is 18.3. The molecular weight excluding hydrogens is 837 g/mol. The third kappa shape index (κ3) is 27.3. The summed E-state index contributed by atoms with van der Waals surface area (Å²) in [4.78, 5) is 13.0. The van der Waals surface area contributed by atoms with E-state index in [1.165, 1.54) is 116 Å². The van der Waals surface area contributed by atoms with Crippen LogP contribution in [0.5, 0.6) is 0 Å². The smallest absolute Gasteiger partial charge is 0.306 e. The lowest BCUT2D eigenvalue weighted by Gasteiger charge is -2.42. The lowest BCUT2D eigenvalue weighted by molar-refractivity contribution is -0.332. The van der Waals surface area contributed by atoms with E-state index in [4.69, 9.17) is 28.4 Å². The average molecular weight is 931 g/mol. The molecule has 2 heterocycles. The van der Waals surface area contributed by atoms with Crippen LogP contribution in [0.2, 0.25) is 0 Å². The lowest BCUT2D eigenvalue weighted by atomic mass is 9.98. The van der Waals surface area contributed by atoms with Gasteiger partial charge in [0.25, 0.3) is 0 Å². The minimum absolute atomic E-state index is 0.0612. The van der Waals surface area contributed by atoms with Crippen molar-refractivity contribution in [3.63, 3.8) is 0 Å². The molecule has 14 heteroatoms. The maximum atomic E-state index is 13.0. The number of rotatable bonds is 41. The van der Waals surface area contributed by atoms with Crippen molar-refractivity contribution in [3.8, 4) is 0 Å². The number of aliphatic hydroxyl groups is 7. The van der Waals surface area contributed by atoms with Gasteiger partial charge in [0.2, 0.25) is 0 Å². The number of allylic oxidation sites excluding steroid dienone is 4. The van der Waals surface area contributed by atoms with Gasteiger partial charge in [-0.1, -0.05) is 167 Å². The van der Waals surface area contributed by atoms with Gasteiger partial charge in [0.05, 0.1) is 26.4 Å². The Morgan fingerprint density at radius 1 is 0.508 bits per heavy atom. The first-order chi connectivity index (χ1) is 31.6. The molecule has 2 rings (SSSR count). The topological polar surface area (TPSA) is 214 Å². The Bertz CT molecular complexity index is 1170. The molecule has 0 radical (unpaired) electrons. The van der Waals surface area contributed by atoms with Crippen molar-refractivity contribution in [2.24, 2.45) is 0 Å². The van der Waals surface area contributed by atoms with Crippen molar-refractivity contribution in [1.29, 1.82) is 0 Å². The molecule has 65 heavy (non-hydrogen) atoms. The molecule has 2 fully saturated rings. The first-order valence-electron chi connectivity index (χ1n) is 25.9. The van der Waals surface area contributed by atoms with Gasteiger partial charge in [-0.2, -0.15) is 0 Å². The summed E-state index contributed by atoms with van der Waals surface area (Å²) >= 11 is 0. The van der Waals surface area contributed by atoms with Crippen LogP contribution in [-0.4, -0.2) is 142 Å². The average Bonchev–Trinajstić information content (AvgIpc) is 3.30. The summed E-state index contributed by atoms with van der Waals surface area (Å²) in [7, 11) is 0. The fourth-order valence-corrected chi connectivity index (χ4v) is 8.20. The summed E-state index contributed by atoms with van der Waals surface area (Å²) in [5, 5.41) is 72.1. The molecule has 0 aromatic heterocycles. The maximum Gasteiger partial charge on any atom is 0.306 e. The summed E-state index contributed by atoms with van der Waals surface area (Å²) in [5.74, 6) is -0.377. The van der Waals surface area contributed by atoms with Crippen molar-refractivity contribution in [3.05, 3.63) is 24.3 Å². The number of carbonyl (C=O) groups is 1. The Hall–Kier alpha value is -1.53. The molecule has 11 unspecified atom stereocenters. The monoisotopic (exact) mass is 931 g/mol. The summed E-state index contributed by atoms with van der Waals surface area (Å²) in [6.07, 6.45) is 25.2. The quantitative estimate of drug-likeness (QED) is 0.0179. The Morgan fingerprint density at radius 3 is 1.51 bits per heavy atom. The molecule has 0 aromatic carbocycles. The lowest BCUT2D eigenvalue weighted by Crippen LogP contribution is -2.61. The van der Waals surface area contributed by atoms with Crippen molar-refractivity contribution in [2.75, 3.05) is 33.0 Å². The van der Waals surface area contributed by atoms with E-state index >= 15 is 0 Å². The van der Waals surface area contributed by atoms with Gasteiger partial charge in [-0.15, -0.1) is 0 Å². The van der Waals surface area contributed by atoms with Crippen molar-refractivity contribution in [1.82, 2.24) is 0 Å².